The molecular weight excluding hydrogens is 354 g/mol. The van der Waals surface area contributed by atoms with Gasteiger partial charge in [-0.1, -0.05) is 31.2 Å². The number of amides is 1. The van der Waals surface area contributed by atoms with Gasteiger partial charge in [0.25, 0.3) is 5.91 Å². The molecule has 0 unspecified atom stereocenters. The largest absolute Gasteiger partial charge is 0.483 e. The van der Waals surface area contributed by atoms with Crippen molar-refractivity contribution < 1.29 is 19.1 Å². The molecule has 1 aromatic rings. The van der Waals surface area contributed by atoms with E-state index in [1.54, 1.807) is 19.1 Å². The number of hydrogen-bond acceptors (Lipinski definition) is 5. The number of ether oxygens (including phenoxy) is 2. The number of nitrogens with one attached hydrogen (secondary N) is 2. The summed E-state index contributed by atoms with van der Waals surface area (Å²) in [6.07, 6.45) is 2.64. The van der Waals surface area contributed by atoms with Gasteiger partial charge in [-0.25, -0.2) is 0 Å². The molecule has 1 saturated heterocycles. The van der Waals surface area contributed by atoms with E-state index >= 15 is 0 Å². The van der Waals surface area contributed by atoms with Crippen molar-refractivity contribution in [1.82, 2.24) is 10.6 Å². The molecule has 140 valence electrons. The SMILES string of the molecule is CC/C=C1/NC(=S)N[C@H](c2ccccc2OCC(N)=O)[C@H]1C(=O)OCC. The van der Waals surface area contributed by atoms with Crippen molar-refractivity contribution in [2.45, 2.75) is 26.3 Å². The monoisotopic (exact) mass is 377 g/mol. The summed E-state index contributed by atoms with van der Waals surface area (Å²) in [6.45, 7) is 3.75. The standard InChI is InChI=1S/C18H23N3O4S/c1-3-7-12-15(17(23)24-4-2)16(21-18(26)20-12)11-8-5-6-9-13(11)25-10-14(19)22/h5-9,15-16H,3-4,10H2,1-2H3,(H2,19,22)(H2,20,21,26)/b12-7+/t15-,16+/m0/s1. The van der Waals surface area contributed by atoms with E-state index < -0.39 is 17.9 Å². The molecule has 26 heavy (non-hydrogen) atoms. The molecule has 1 amide bonds. The van der Waals surface area contributed by atoms with E-state index in [0.29, 0.717) is 22.1 Å². The number of carbonyl (C=O) groups is 2. The van der Waals surface area contributed by atoms with Gasteiger partial charge in [0, 0.05) is 11.3 Å². The molecule has 2 rings (SSSR count). The van der Waals surface area contributed by atoms with E-state index in [1.165, 1.54) is 0 Å². The molecule has 1 aliphatic heterocycles. The van der Waals surface area contributed by atoms with Gasteiger partial charge in [-0.2, -0.15) is 0 Å². The van der Waals surface area contributed by atoms with Gasteiger partial charge in [0.05, 0.1) is 12.6 Å². The molecule has 4 N–H and O–H groups in total. The Morgan fingerprint density at radius 3 is 2.69 bits per heavy atom. The topological polar surface area (TPSA) is 103 Å². The Morgan fingerprint density at radius 1 is 1.31 bits per heavy atom. The van der Waals surface area contributed by atoms with E-state index in [1.807, 2.05) is 25.1 Å². The highest BCUT2D eigenvalue weighted by atomic mass is 32.1. The predicted octanol–water partition coefficient (Wildman–Crippen LogP) is 1.54. The molecular formula is C18H23N3O4S. The van der Waals surface area contributed by atoms with Gasteiger partial charge in [0.2, 0.25) is 0 Å². The van der Waals surface area contributed by atoms with Gasteiger partial charge in [-0.3, -0.25) is 9.59 Å². The lowest BCUT2D eigenvalue weighted by Gasteiger charge is -2.36. The fourth-order valence-electron chi connectivity index (χ4n) is 2.82. The van der Waals surface area contributed by atoms with E-state index in [4.69, 9.17) is 27.4 Å². The van der Waals surface area contributed by atoms with E-state index in [9.17, 15) is 9.59 Å². The zero-order chi connectivity index (χ0) is 19.1. The maximum Gasteiger partial charge on any atom is 0.317 e. The minimum Gasteiger partial charge on any atom is -0.483 e. The highest BCUT2D eigenvalue weighted by Gasteiger charge is 2.39. The van der Waals surface area contributed by atoms with Crippen LogP contribution in [0.1, 0.15) is 31.9 Å². The Labute approximate surface area is 157 Å². The number of para-hydroxylation sites is 1. The molecule has 1 aromatic carbocycles. The summed E-state index contributed by atoms with van der Waals surface area (Å²) in [7, 11) is 0. The maximum absolute atomic E-state index is 12.6. The summed E-state index contributed by atoms with van der Waals surface area (Å²) in [5.41, 5.74) is 6.55. The lowest BCUT2D eigenvalue weighted by molar-refractivity contribution is -0.147. The van der Waals surface area contributed by atoms with Crippen LogP contribution in [-0.4, -0.2) is 30.2 Å². The van der Waals surface area contributed by atoms with Crippen molar-refractivity contribution in [3.05, 3.63) is 41.6 Å². The molecule has 0 aliphatic carbocycles. The van der Waals surface area contributed by atoms with Gasteiger partial charge in [0.15, 0.2) is 11.7 Å². The zero-order valence-electron chi connectivity index (χ0n) is 14.8. The molecule has 0 saturated carbocycles. The third kappa shape index (κ3) is 4.72. The van der Waals surface area contributed by atoms with E-state index in [-0.39, 0.29) is 19.2 Å². The summed E-state index contributed by atoms with van der Waals surface area (Å²) in [4.78, 5) is 23.7. The van der Waals surface area contributed by atoms with Crippen molar-refractivity contribution in [3.8, 4) is 5.75 Å². The number of hydrogen-bond donors (Lipinski definition) is 3. The molecule has 8 heteroatoms. The molecule has 7 nitrogen and oxygen atoms in total. The fourth-order valence-corrected chi connectivity index (χ4v) is 3.06. The Bertz CT molecular complexity index is 720. The normalized spacial score (nSPS) is 20.8. The minimum atomic E-state index is -0.625. The third-order valence-electron chi connectivity index (χ3n) is 3.80. The van der Waals surface area contributed by atoms with Crippen molar-refractivity contribution in [3.63, 3.8) is 0 Å². The molecule has 0 spiro atoms. The summed E-state index contributed by atoms with van der Waals surface area (Å²) in [5.74, 6) is -1.12. The van der Waals surface area contributed by atoms with Gasteiger partial charge in [-0.05, 0) is 31.6 Å². The molecule has 1 heterocycles. The second-order valence-corrected chi connectivity index (χ2v) is 6.07. The average Bonchev–Trinajstić information content (AvgIpc) is 2.60. The van der Waals surface area contributed by atoms with Gasteiger partial charge >= 0.3 is 5.97 Å². The van der Waals surface area contributed by atoms with Crippen LogP contribution in [0.3, 0.4) is 0 Å². The smallest absolute Gasteiger partial charge is 0.317 e. The van der Waals surface area contributed by atoms with Crippen LogP contribution in [0.5, 0.6) is 5.75 Å². The van der Waals surface area contributed by atoms with Gasteiger partial charge in [-0.15, -0.1) is 0 Å². The van der Waals surface area contributed by atoms with E-state index in [0.717, 1.165) is 6.42 Å². The van der Waals surface area contributed by atoms with Crippen LogP contribution in [-0.2, 0) is 14.3 Å². The minimum absolute atomic E-state index is 0.256. The zero-order valence-corrected chi connectivity index (χ0v) is 15.6. The first kappa shape index (κ1) is 19.7. The molecule has 1 fully saturated rings. The van der Waals surface area contributed by atoms with Crippen LogP contribution in [0.15, 0.2) is 36.0 Å². The summed E-state index contributed by atoms with van der Waals surface area (Å²) >= 11 is 5.30. The Balaban J connectivity index is 2.45. The summed E-state index contributed by atoms with van der Waals surface area (Å²) in [6, 6.07) is 6.64. The van der Waals surface area contributed by atoms with Gasteiger partial charge < -0.3 is 25.8 Å². The first-order chi connectivity index (χ1) is 12.5. The number of nitrogens with two attached hydrogens (primary N) is 1. The van der Waals surface area contributed by atoms with Crippen LogP contribution in [0.25, 0.3) is 0 Å². The van der Waals surface area contributed by atoms with Crippen LogP contribution < -0.4 is 21.1 Å². The third-order valence-corrected chi connectivity index (χ3v) is 4.02. The lowest BCUT2D eigenvalue weighted by Crippen LogP contribution is -2.51. The number of rotatable bonds is 7. The predicted molar refractivity (Wildman–Crippen MR) is 101 cm³/mol. The Hall–Kier alpha value is -2.61. The second kappa shape index (κ2) is 9.19. The molecule has 0 aromatic heterocycles. The summed E-state index contributed by atoms with van der Waals surface area (Å²) in [5, 5.41) is 6.57. The number of primary amides is 1. The van der Waals surface area contributed by atoms with E-state index in [2.05, 4.69) is 10.6 Å². The highest BCUT2D eigenvalue weighted by molar-refractivity contribution is 7.80. The van der Waals surface area contributed by atoms with Gasteiger partial charge in [0.1, 0.15) is 11.7 Å². The number of carbonyl (C=O) groups excluding carboxylic acids is 2. The van der Waals surface area contributed by atoms with Crippen LogP contribution in [0, 0.1) is 5.92 Å². The molecule has 0 radical (unpaired) electrons. The quantitative estimate of drug-likeness (QED) is 0.489. The van der Waals surface area contributed by atoms with Crippen molar-refractivity contribution >= 4 is 29.2 Å². The fraction of sp³-hybridized carbons (Fsp3) is 0.389. The highest BCUT2D eigenvalue weighted by Crippen LogP contribution is 2.36. The number of esters is 1. The Kier molecular flexibility index (Phi) is 6.97. The lowest BCUT2D eigenvalue weighted by atomic mass is 9.87. The summed E-state index contributed by atoms with van der Waals surface area (Å²) < 4.78 is 10.8. The van der Waals surface area contributed by atoms with Crippen molar-refractivity contribution in [2.75, 3.05) is 13.2 Å². The number of allylic oxidation sites excluding steroid dienone is 1. The Morgan fingerprint density at radius 2 is 2.04 bits per heavy atom. The second-order valence-electron chi connectivity index (χ2n) is 5.67. The molecule has 0 bridgehead atoms. The van der Waals surface area contributed by atoms with Crippen LogP contribution >= 0.6 is 12.2 Å². The average molecular weight is 377 g/mol. The maximum atomic E-state index is 12.6. The number of benzene rings is 1. The first-order valence-corrected chi connectivity index (χ1v) is 8.82. The van der Waals surface area contributed by atoms with Crippen molar-refractivity contribution in [1.29, 1.82) is 0 Å². The molecule has 2 atom stereocenters. The molecule has 1 aliphatic rings. The van der Waals surface area contributed by atoms with Crippen LogP contribution in [0.4, 0.5) is 0 Å². The first-order valence-electron chi connectivity index (χ1n) is 8.42. The van der Waals surface area contributed by atoms with Crippen LogP contribution in [0.2, 0.25) is 0 Å². The van der Waals surface area contributed by atoms with Crippen molar-refractivity contribution in [2.24, 2.45) is 11.7 Å². The number of thiocarbonyl (C=S) groups is 1.